The van der Waals surface area contributed by atoms with Crippen LogP contribution >= 0.6 is 0 Å². The van der Waals surface area contributed by atoms with Gasteiger partial charge in [-0.25, -0.2) is 13.8 Å². The molecule has 0 saturated heterocycles. The van der Waals surface area contributed by atoms with Crippen molar-refractivity contribution >= 4 is 27.3 Å². The van der Waals surface area contributed by atoms with Crippen LogP contribution in [0.4, 0.5) is 5.69 Å². The Morgan fingerprint density at radius 1 is 0.968 bits per heavy atom. The monoisotopic (exact) mass is 441 g/mol. The van der Waals surface area contributed by atoms with Crippen molar-refractivity contribution in [1.82, 2.24) is 5.43 Å². The first-order valence-corrected chi connectivity index (χ1v) is 12.3. The maximum Gasteiger partial charge on any atom is 0.264 e. The van der Waals surface area contributed by atoms with E-state index in [4.69, 9.17) is 0 Å². The molecule has 0 bridgehead atoms. The fraction of sp³-hybridized carbons (Fsp3) is 0.417. The van der Waals surface area contributed by atoms with Crippen molar-refractivity contribution in [2.45, 2.75) is 63.2 Å². The average molecular weight is 442 g/mol. The number of hydrogen-bond acceptors (Lipinski definition) is 4. The lowest BCUT2D eigenvalue weighted by Gasteiger charge is -2.24. The molecule has 1 N–H and O–H groups in total. The van der Waals surface area contributed by atoms with Crippen LogP contribution in [0.3, 0.4) is 0 Å². The van der Waals surface area contributed by atoms with Gasteiger partial charge in [-0.05, 0) is 61.4 Å². The Morgan fingerprint density at radius 2 is 1.58 bits per heavy atom. The van der Waals surface area contributed by atoms with E-state index in [1.54, 1.807) is 30.3 Å². The summed E-state index contributed by atoms with van der Waals surface area (Å²) in [4.78, 5) is 12.8. The lowest BCUT2D eigenvalue weighted by Crippen LogP contribution is -2.39. The Balaban J connectivity index is 1.85. The van der Waals surface area contributed by atoms with Gasteiger partial charge in [-0.1, -0.05) is 57.0 Å². The molecular formula is C24H31N3O3S. The quantitative estimate of drug-likeness (QED) is 0.494. The molecule has 7 heteroatoms. The van der Waals surface area contributed by atoms with Gasteiger partial charge in [-0.2, -0.15) is 5.10 Å². The van der Waals surface area contributed by atoms with Crippen molar-refractivity contribution in [3.63, 3.8) is 0 Å². The van der Waals surface area contributed by atoms with Gasteiger partial charge in [0.1, 0.15) is 6.54 Å². The van der Waals surface area contributed by atoms with Crippen LogP contribution in [0.5, 0.6) is 0 Å². The van der Waals surface area contributed by atoms with E-state index in [0.717, 1.165) is 41.3 Å². The van der Waals surface area contributed by atoms with E-state index in [1.807, 2.05) is 12.1 Å². The molecule has 2 aromatic carbocycles. The molecule has 1 saturated carbocycles. The zero-order valence-corrected chi connectivity index (χ0v) is 19.1. The largest absolute Gasteiger partial charge is 0.271 e. The molecule has 0 aliphatic heterocycles. The number of anilines is 1. The zero-order chi connectivity index (χ0) is 22.3. The lowest BCUT2D eigenvalue weighted by molar-refractivity contribution is -0.119. The summed E-state index contributed by atoms with van der Waals surface area (Å²) in [6.07, 6.45) is 6.27. The highest BCUT2D eigenvalue weighted by Crippen LogP contribution is 2.25. The van der Waals surface area contributed by atoms with Gasteiger partial charge in [0.15, 0.2) is 0 Å². The Kier molecular flexibility index (Phi) is 7.85. The summed E-state index contributed by atoms with van der Waals surface area (Å²) in [6.45, 7) is 3.82. The van der Waals surface area contributed by atoms with Crippen LogP contribution in [0.15, 0.2) is 64.6 Å². The van der Waals surface area contributed by atoms with Crippen LogP contribution in [-0.2, 0) is 14.8 Å². The minimum atomic E-state index is -3.91. The maximum absolute atomic E-state index is 13.3. The summed E-state index contributed by atoms with van der Waals surface area (Å²) < 4.78 is 27.8. The third-order valence-electron chi connectivity index (χ3n) is 5.49. The predicted molar refractivity (Wildman–Crippen MR) is 125 cm³/mol. The summed E-state index contributed by atoms with van der Waals surface area (Å²) in [5.41, 5.74) is 5.10. The summed E-state index contributed by atoms with van der Waals surface area (Å²) >= 11 is 0. The van der Waals surface area contributed by atoms with Crippen molar-refractivity contribution in [1.29, 1.82) is 0 Å². The smallest absolute Gasteiger partial charge is 0.264 e. The average Bonchev–Trinajstić information content (AvgIpc) is 3.05. The molecule has 0 spiro atoms. The van der Waals surface area contributed by atoms with Gasteiger partial charge >= 0.3 is 0 Å². The number of hydrogen-bond donors (Lipinski definition) is 1. The molecule has 3 rings (SSSR count). The molecule has 31 heavy (non-hydrogen) atoms. The minimum absolute atomic E-state index is 0.144. The number of nitrogens with zero attached hydrogens (tertiary/aromatic N) is 2. The topological polar surface area (TPSA) is 78.8 Å². The molecule has 0 radical (unpaired) electrons. The highest BCUT2D eigenvalue weighted by atomic mass is 32.2. The maximum atomic E-state index is 13.3. The number of rotatable bonds is 7. The number of carbonyl (C=O) groups excluding carboxylic acids is 1. The first-order chi connectivity index (χ1) is 14.9. The number of sulfonamides is 1. The standard InChI is InChI=1S/C24H31N3O3S/c1-19(2)20-14-16-22(17-15-20)27(31(29,30)23-12-8-5-9-13-23)18-24(28)26-25-21-10-6-3-4-7-11-21/h5,8-9,12-17,19H,3-4,6-7,10-11,18H2,1-2H3,(H,26,28). The molecule has 0 atom stereocenters. The van der Waals surface area contributed by atoms with Gasteiger partial charge in [-0.3, -0.25) is 9.10 Å². The van der Waals surface area contributed by atoms with Crippen LogP contribution in [0, 0.1) is 0 Å². The van der Waals surface area contributed by atoms with Gasteiger partial charge in [0, 0.05) is 5.71 Å². The van der Waals surface area contributed by atoms with Gasteiger partial charge in [0.2, 0.25) is 0 Å². The van der Waals surface area contributed by atoms with E-state index in [2.05, 4.69) is 24.4 Å². The third kappa shape index (κ3) is 6.17. The summed E-state index contributed by atoms with van der Waals surface area (Å²) in [6, 6.07) is 15.5. The molecule has 6 nitrogen and oxygen atoms in total. The Hall–Kier alpha value is -2.67. The normalized spacial score (nSPS) is 14.7. The molecule has 166 valence electrons. The summed E-state index contributed by atoms with van der Waals surface area (Å²) in [7, 11) is -3.91. The van der Waals surface area contributed by atoms with Crippen LogP contribution in [0.1, 0.15) is 63.9 Å². The number of carbonyl (C=O) groups is 1. The number of amides is 1. The second-order valence-corrected chi connectivity index (χ2v) is 10.1. The van der Waals surface area contributed by atoms with E-state index in [1.165, 1.54) is 25.0 Å². The van der Waals surface area contributed by atoms with Crippen LogP contribution < -0.4 is 9.73 Å². The first kappa shape index (κ1) is 23.0. The molecule has 1 fully saturated rings. The highest BCUT2D eigenvalue weighted by Gasteiger charge is 2.27. The minimum Gasteiger partial charge on any atom is -0.271 e. The number of nitrogens with one attached hydrogen (secondary N) is 1. The van der Waals surface area contributed by atoms with Gasteiger partial charge in [-0.15, -0.1) is 0 Å². The Labute approximate surface area is 185 Å². The fourth-order valence-corrected chi connectivity index (χ4v) is 5.06. The number of benzene rings is 2. The van der Waals surface area contributed by atoms with Crippen LogP contribution in [0.2, 0.25) is 0 Å². The van der Waals surface area contributed by atoms with E-state index >= 15 is 0 Å². The molecule has 0 aromatic heterocycles. The van der Waals surface area contributed by atoms with Crippen molar-refractivity contribution in [2.75, 3.05) is 10.8 Å². The first-order valence-electron chi connectivity index (χ1n) is 10.9. The van der Waals surface area contributed by atoms with Crippen molar-refractivity contribution in [3.05, 3.63) is 60.2 Å². The molecular weight excluding hydrogens is 410 g/mol. The fourth-order valence-electron chi connectivity index (χ4n) is 3.62. The highest BCUT2D eigenvalue weighted by molar-refractivity contribution is 7.92. The van der Waals surface area contributed by atoms with Crippen LogP contribution in [-0.4, -0.2) is 26.6 Å². The van der Waals surface area contributed by atoms with Gasteiger partial charge in [0.05, 0.1) is 10.6 Å². The molecule has 2 aromatic rings. The van der Waals surface area contributed by atoms with E-state index < -0.39 is 15.9 Å². The molecule has 1 amide bonds. The second kappa shape index (κ2) is 10.6. The van der Waals surface area contributed by atoms with E-state index in [-0.39, 0.29) is 11.4 Å². The van der Waals surface area contributed by atoms with Crippen molar-refractivity contribution < 1.29 is 13.2 Å². The van der Waals surface area contributed by atoms with Gasteiger partial charge < -0.3 is 0 Å². The second-order valence-electron chi connectivity index (χ2n) is 8.20. The summed E-state index contributed by atoms with van der Waals surface area (Å²) in [5, 5.41) is 4.28. The predicted octanol–water partition coefficient (Wildman–Crippen LogP) is 4.83. The van der Waals surface area contributed by atoms with Crippen molar-refractivity contribution in [3.8, 4) is 0 Å². The van der Waals surface area contributed by atoms with Crippen molar-refractivity contribution in [2.24, 2.45) is 5.10 Å². The number of hydrazone groups is 1. The van der Waals surface area contributed by atoms with Crippen LogP contribution in [0.25, 0.3) is 0 Å². The Bertz CT molecular complexity index is 990. The Morgan fingerprint density at radius 3 is 2.16 bits per heavy atom. The lowest BCUT2D eigenvalue weighted by atomic mass is 10.0. The molecule has 0 heterocycles. The molecule has 0 unspecified atom stereocenters. The SMILES string of the molecule is CC(C)c1ccc(N(CC(=O)NN=C2CCCCCC2)S(=O)(=O)c2ccccc2)cc1. The third-order valence-corrected chi connectivity index (χ3v) is 7.27. The van der Waals surface area contributed by atoms with E-state index in [0.29, 0.717) is 11.6 Å². The van der Waals surface area contributed by atoms with Gasteiger partial charge in [0.25, 0.3) is 15.9 Å². The summed E-state index contributed by atoms with van der Waals surface area (Å²) in [5.74, 6) is -0.129. The molecule has 1 aliphatic carbocycles. The van der Waals surface area contributed by atoms with E-state index in [9.17, 15) is 13.2 Å². The molecule has 1 aliphatic rings. The zero-order valence-electron chi connectivity index (χ0n) is 18.3.